The molecule has 1 heterocycles. The number of ether oxygens (including phenoxy) is 2. The van der Waals surface area contributed by atoms with Crippen molar-refractivity contribution in [2.24, 2.45) is 0 Å². The van der Waals surface area contributed by atoms with Gasteiger partial charge in [0.1, 0.15) is 12.4 Å². The molecular weight excluding hydrogens is 477 g/mol. The van der Waals surface area contributed by atoms with Gasteiger partial charge in [-0.05, 0) is 77.9 Å². The lowest BCUT2D eigenvalue weighted by Gasteiger charge is -2.13. The Morgan fingerprint density at radius 3 is 2.50 bits per heavy atom. The highest BCUT2D eigenvalue weighted by atomic mass is 35.5. The van der Waals surface area contributed by atoms with Gasteiger partial charge in [0.15, 0.2) is 11.5 Å². The number of halogens is 2. The number of amides is 2. The summed E-state index contributed by atoms with van der Waals surface area (Å²) in [4.78, 5) is 26.7. The fraction of sp³-hybridized carbons (Fsp3) is 0.154. The van der Waals surface area contributed by atoms with Crippen molar-refractivity contribution in [3.63, 3.8) is 0 Å². The van der Waals surface area contributed by atoms with Gasteiger partial charge in [-0.15, -0.1) is 0 Å². The molecule has 1 fully saturated rings. The van der Waals surface area contributed by atoms with E-state index in [0.29, 0.717) is 45.8 Å². The number of carbonyl (C=O) groups is 2. The highest BCUT2D eigenvalue weighted by Gasteiger charge is 2.35. The molecule has 1 saturated heterocycles. The molecule has 0 atom stereocenters. The molecule has 0 aromatic heterocycles. The average Bonchev–Trinajstić information content (AvgIpc) is 3.07. The average molecular weight is 498 g/mol. The third-order valence-electron chi connectivity index (χ3n) is 4.98. The Bertz CT molecular complexity index is 1250. The van der Waals surface area contributed by atoms with Crippen LogP contribution in [0.5, 0.6) is 11.5 Å². The van der Waals surface area contributed by atoms with E-state index in [-0.39, 0.29) is 17.6 Å². The molecule has 3 aromatic rings. The topological polar surface area (TPSA) is 55.8 Å². The number of nitrogens with zero attached hydrogens (tertiary/aromatic N) is 1. The predicted molar refractivity (Wildman–Crippen MR) is 131 cm³/mol. The summed E-state index contributed by atoms with van der Waals surface area (Å²) < 4.78 is 24.8. The Morgan fingerprint density at radius 1 is 0.971 bits per heavy atom. The van der Waals surface area contributed by atoms with Crippen molar-refractivity contribution in [2.45, 2.75) is 20.1 Å². The van der Waals surface area contributed by atoms with Crippen LogP contribution in [0.2, 0.25) is 5.02 Å². The van der Waals surface area contributed by atoms with Gasteiger partial charge in [0.25, 0.3) is 11.1 Å². The van der Waals surface area contributed by atoms with Crippen molar-refractivity contribution in [1.29, 1.82) is 0 Å². The van der Waals surface area contributed by atoms with E-state index >= 15 is 0 Å². The van der Waals surface area contributed by atoms with E-state index in [2.05, 4.69) is 0 Å². The summed E-state index contributed by atoms with van der Waals surface area (Å²) in [7, 11) is 0. The molecule has 0 aliphatic carbocycles. The fourth-order valence-corrected chi connectivity index (χ4v) is 4.40. The lowest BCUT2D eigenvalue weighted by molar-refractivity contribution is -0.123. The summed E-state index contributed by atoms with van der Waals surface area (Å²) in [5, 5.41) is 0.266. The zero-order valence-corrected chi connectivity index (χ0v) is 19.9. The van der Waals surface area contributed by atoms with Crippen molar-refractivity contribution in [3.8, 4) is 11.5 Å². The van der Waals surface area contributed by atoms with Crippen LogP contribution in [0.3, 0.4) is 0 Å². The van der Waals surface area contributed by atoms with Gasteiger partial charge in [-0.2, -0.15) is 0 Å². The Morgan fingerprint density at radius 2 is 1.76 bits per heavy atom. The van der Waals surface area contributed by atoms with Gasteiger partial charge < -0.3 is 9.47 Å². The molecule has 1 aliphatic heterocycles. The van der Waals surface area contributed by atoms with Crippen molar-refractivity contribution in [1.82, 2.24) is 4.90 Å². The summed E-state index contributed by atoms with van der Waals surface area (Å²) in [6.07, 6.45) is 1.65. The quantitative estimate of drug-likeness (QED) is 0.324. The standard InChI is InChI=1S/C26H21ClFNO4S/c1-2-32-23-13-18(8-11-22(23)33-16-19-4-3-5-20(27)12-19)14-24-25(30)29(26(31)34-24)15-17-6-9-21(28)10-7-17/h3-14H,2,15-16H2,1H3/b24-14-. The van der Waals surface area contributed by atoms with Crippen LogP contribution in [-0.2, 0) is 17.9 Å². The number of benzene rings is 3. The number of hydrogen-bond acceptors (Lipinski definition) is 5. The third-order valence-corrected chi connectivity index (χ3v) is 6.12. The molecule has 2 amide bonds. The number of thioether (sulfide) groups is 1. The number of imide groups is 1. The summed E-state index contributed by atoms with van der Waals surface area (Å²) >= 11 is 6.91. The van der Waals surface area contributed by atoms with Gasteiger partial charge in [-0.3, -0.25) is 14.5 Å². The molecule has 0 saturated carbocycles. The Labute approximate surface area is 206 Å². The van der Waals surface area contributed by atoms with E-state index in [4.69, 9.17) is 21.1 Å². The summed E-state index contributed by atoms with van der Waals surface area (Å²) in [6, 6.07) is 18.5. The first-order valence-electron chi connectivity index (χ1n) is 10.6. The predicted octanol–water partition coefficient (Wildman–Crippen LogP) is 6.69. The third kappa shape index (κ3) is 5.79. The SMILES string of the molecule is CCOc1cc(/C=C2\SC(=O)N(Cc3ccc(F)cc3)C2=O)ccc1OCc1cccc(Cl)c1. The van der Waals surface area contributed by atoms with Crippen LogP contribution >= 0.6 is 23.4 Å². The summed E-state index contributed by atoms with van der Waals surface area (Å²) in [5.41, 5.74) is 2.30. The van der Waals surface area contributed by atoms with E-state index in [1.165, 1.54) is 12.1 Å². The molecule has 0 radical (unpaired) electrons. The minimum Gasteiger partial charge on any atom is -0.490 e. The van der Waals surface area contributed by atoms with Gasteiger partial charge >= 0.3 is 0 Å². The highest BCUT2D eigenvalue weighted by molar-refractivity contribution is 8.18. The molecule has 0 spiro atoms. The van der Waals surface area contributed by atoms with Gasteiger partial charge in [0.2, 0.25) is 0 Å². The molecule has 0 bridgehead atoms. The van der Waals surface area contributed by atoms with Gasteiger partial charge in [-0.1, -0.05) is 41.9 Å². The fourth-order valence-electron chi connectivity index (χ4n) is 3.35. The first-order chi connectivity index (χ1) is 16.4. The van der Waals surface area contributed by atoms with Crippen LogP contribution in [0.4, 0.5) is 9.18 Å². The Balaban J connectivity index is 1.50. The first kappa shape index (κ1) is 23.9. The maximum Gasteiger partial charge on any atom is 0.293 e. The van der Waals surface area contributed by atoms with Crippen LogP contribution in [0.1, 0.15) is 23.6 Å². The number of hydrogen-bond donors (Lipinski definition) is 0. The second-order valence-corrected chi connectivity index (χ2v) is 8.88. The van der Waals surface area contributed by atoms with Crippen LogP contribution in [0.25, 0.3) is 6.08 Å². The first-order valence-corrected chi connectivity index (χ1v) is 11.8. The lowest BCUT2D eigenvalue weighted by atomic mass is 10.1. The number of carbonyl (C=O) groups excluding carboxylic acids is 2. The zero-order chi connectivity index (χ0) is 24.1. The molecule has 5 nitrogen and oxygen atoms in total. The largest absolute Gasteiger partial charge is 0.490 e. The van der Waals surface area contributed by atoms with E-state index < -0.39 is 5.91 Å². The molecule has 0 unspecified atom stereocenters. The second kappa shape index (κ2) is 10.8. The normalized spacial score (nSPS) is 14.7. The monoisotopic (exact) mass is 497 g/mol. The second-order valence-electron chi connectivity index (χ2n) is 7.45. The molecular formula is C26H21ClFNO4S. The number of rotatable bonds is 8. The van der Waals surface area contributed by atoms with Crippen LogP contribution < -0.4 is 9.47 Å². The van der Waals surface area contributed by atoms with Crippen LogP contribution in [-0.4, -0.2) is 22.7 Å². The van der Waals surface area contributed by atoms with E-state index in [0.717, 1.165) is 22.2 Å². The Kier molecular flexibility index (Phi) is 7.55. The maximum absolute atomic E-state index is 13.1. The van der Waals surface area contributed by atoms with E-state index in [1.54, 1.807) is 42.5 Å². The van der Waals surface area contributed by atoms with Gasteiger partial charge in [0.05, 0.1) is 18.1 Å². The molecule has 3 aromatic carbocycles. The molecule has 8 heteroatoms. The van der Waals surface area contributed by atoms with E-state index in [1.807, 2.05) is 25.1 Å². The molecule has 174 valence electrons. The van der Waals surface area contributed by atoms with Crippen LogP contribution in [0.15, 0.2) is 71.6 Å². The maximum atomic E-state index is 13.1. The minimum absolute atomic E-state index is 0.0861. The zero-order valence-electron chi connectivity index (χ0n) is 18.3. The highest BCUT2D eigenvalue weighted by Crippen LogP contribution is 2.35. The molecule has 1 aliphatic rings. The van der Waals surface area contributed by atoms with Crippen molar-refractivity contribution in [3.05, 3.63) is 99.2 Å². The van der Waals surface area contributed by atoms with Gasteiger partial charge in [0, 0.05) is 5.02 Å². The minimum atomic E-state index is -0.390. The summed E-state index contributed by atoms with van der Waals surface area (Å²) in [5.74, 6) is 0.327. The van der Waals surface area contributed by atoms with E-state index in [9.17, 15) is 14.0 Å². The van der Waals surface area contributed by atoms with Crippen molar-refractivity contribution in [2.75, 3.05) is 6.61 Å². The summed E-state index contributed by atoms with van der Waals surface area (Å²) in [6.45, 7) is 2.71. The molecule has 34 heavy (non-hydrogen) atoms. The molecule has 0 N–H and O–H groups in total. The van der Waals surface area contributed by atoms with Crippen molar-refractivity contribution >= 4 is 40.6 Å². The van der Waals surface area contributed by atoms with Crippen LogP contribution in [0, 0.1) is 5.82 Å². The Hall–Kier alpha value is -3.29. The smallest absolute Gasteiger partial charge is 0.293 e. The lowest BCUT2D eigenvalue weighted by Crippen LogP contribution is -2.27. The van der Waals surface area contributed by atoms with Gasteiger partial charge in [-0.25, -0.2) is 4.39 Å². The molecule has 4 rings (SSSR count). The van der Waals surface area contributed by atoms with Crippen molar-refractivity contribution < 1.29 is 23.5 Å².